The molecule has 0 saturated heterocycles. The van der Waals surface area contributed by atoms with E-state index < -0.39 is 10.0 Å². The van der Waals surface area contributed by atoms with Gasteiger partial charge in [-0.2, -0.15) is 5.10 Å². The summed E-state index contributed by atoms with van der Waals surface area (Å²) < 4.78 is 25.5. The van der Waals surface area contributed by atoms with Crippen LogP contribution in [0, 0.1) is 12.8 Å². The summed E-state index contributed by atoms with van der Waals surface area (Å²) in [7, 11) is -1.72. The number of rotatable bonds is 4. The van der Waals surface area contributed by atoms with Gasteiger partial charge in [0.15, 0.2) is 0 Å². The third kappa shape index (κ3) is 2.05. The number of aryl methyl sites for hydroxylation is 1. The Morgan fingerprint density at radius 3 is 2.73 bits per heavy atom. The Hall–Kier alpha value is -0.880. The van der Waals surface area contributed by atoms with Crippen molar-refractivity contribution in [3.05, 3.63) is 11.9 Å². The third-order valence-electron chi connectivity index (χ3n) is 2.68. The Labute approximate surface area is 89.5 Å². The monoisotopic (exact) mass is 229 g/mol. The van der Waals surface area contributed by atoms with Gasteiger partial charge in [-0.05, 0) is 25.7 Å². The van der Waals surface area contributed by atoms with Gasteiger partial charge in [-0.3, -0.25) is 5.10 Å². The fraction of sp³-hybridized carbons (Fsp3) is 0.667. The molecular weight excluding hydrogens is 214 g/mol. The van der Waals surface area contributed by atoms with Crippen LogP contribution in [-0.2, 0) is 10.0 Å². The molecule has 0 amide bonds. The first-order valence-corrected chi connectivity index (χ1v) is 6.42. The lowest BCUT2D eigenvalue weighted by Crippen LogP contribution is -2.29. The Bertz CT molecular complexity index is 448. The van der Waals surface area contributed by atoms with Gasteiger partial charge in [-0.15, -0.1) is 0 Å². The van der Waals surface area contributed by atoms with Crippen molar-refractivity contribution in [2.45, 2.75) is 24.7 Å². The van der Waals surface area contributed by atoms with Crippen LogP contribution in [0.15, 0.2) is 11.1 Å². The van der Waals surface area contributed by atoms with Crippen LogP contribution in [-0.4, -0.2) is 36.5 Å². The predicted molar refractivity (Wildman–Crippen MR) is 55.9 cm³/mol. The fourth-order valence-electron chi connectivity index (χ4n) is 1.53. The normalized spacial score (nSPS) is 17.3. The Kier molecular flexibility index (Phi) is 2.56. The highest BCUT2D eigenvalue weighted by atomic mass is 32.2. The Morgan fingerprint density at radius 1 is 1.60 bits per heavy atom. The van der Waals surface area contributed by atoms with Crippen molar-refractivity contribution in [2.75, 3.05) is 13.6 Å². The number of hydrogen-bond donors (Lipinski definition) is 1. The van der Waals surface area contributed by atoms with Crippen molar-refractivity contribution < 1.29 is 8.42 Å². The van der Waals surface area contributed by atoms with Crippen molar-refractivity contribution in [2.24, 2.45) is 5.92 Å². The molecule has 0 aliphatic heterocycles. The molecule has 1 aromatic heterocycles. The van der Waals surface area contributed by atoms with Gasteiger partial charge in [-0.1, -0.05) is 0 Å². The van der Waals surface area contributed by atoms with Crippen LogP contribution in [0.4, 0.5) is 0 Å². The van der Waals surface area contributed by atoms with Gasteiger partial charge in [-0.25, -0.2) is 12.7 Å². The molecule has 0 radical (unpaired) electrons. The third-order valence-corrected chi connectivity index (χ3v) is 4.62. The van der Waals surface area contributed by atoms with Gasteiger partial charge in [0.05, 0.1) is 11.9 Å². The molecule has 2 rings (SSSR count). The maximum Gasteiger partial charge on any atom is 0.246 e. The van der Waals surface area contributed by atoms with Gasteiger partial charge in [0.2, 0.25) is 10.0 Å². The number of hydrogen-bond acceptors (Lipinski definition) is 3. The van der Waals surface area contributed by atoms with Crippen LogP contribution in [0.1, 0.15) is 18.5 Å². The quantitative estimate of drug-likeness (QED) is 0.828. The molecule has 84 valence electrons. The summed E-state index contributed by atoms with van der Waals surface area (Å²) in [6.07, 6.45) is 3.66. The Balaban J connectivity index is 2.21. The smallest absolute Gasteiger partial charge is 0.246 e. The van der Waals surface area contributed by atoms with Crippen molar-refractivity contribution in [3.63, 3.8) is 0 Å². The second-order valence-electron chi connectivity index (χ2n) is 4.09. The summed E-state index contributed by atoms with van der Waals surface area (Å²) in [6.45, 7) is 2.33. The average molecular weight is 229 g/mol. The van der Waals surface area contributed by atoms with Crippen molar-refractivity contribution in [1.29, 1.82) is 0 Å². The molecule has 0 bridgehead atoms. The minimum atomic E-state index is -3.34. The van der Waals surface area contributed by atoms with Gasteiger partial charge in [0, 0.05) is 13.6 Å². The topological polar surface area (TPSA) is 66.1 Å². The second-order valence-corrected chi connectivity index (χ2v) is 6.10. The minimum Gasteiger partial charge on any atom is -0.281 e. The Morgan fingerprint density at radius 2 is 2.27 bits per heavy atom. The van der Waals surface area contributed by atoms with E-state index in [9.17, 15) is 8.42 Å². The lowest BCUT2D eigenvalue weighted by atomic mass is 10.4. The van der Waals surface area contributed by atoms with Gasteiger partial charge < -0.3 is 0 Å². The molecule has 0 unspecified atom stereocenters. The van der Waals surface area contributed by atoms with E-state index >= 15 is 0 Å². The van der Waals surface area contributed by atoms with E-state index in [-0.39, 0.29) is 4.90 Å². The SMILES string of the molecule is Cc1[nH]ncc1S(=O)(=O)N(C)CC1CC1. The molecule has 1 aliphatic carbocycles. The van der Waals surface area contributed by atoms with E-state index in [1.165, 1.54) is 10.5 Å². The van der Waals surface area contributed by atoms with Gasteiger partial charge in [0.1, 0.15) is 4.90 Å². The maximum absolute atomic E-state index is 12.0. The fourth-order valence-corrected chi connectivity index (χ4v) is 2.89. The summed E-state index contributed by atoms with van der Waals surface area (Å²) in [5.41, 5.74) is 0.595. The zero-order valence-electron chi connectivity index (χ0n) is 8.90. The first-order valence-electron chi connectivity index (χ1n) is 4.98. The number of nitrogens with zero attached hydrogens (tertiary/aromatic N) is 2. The van der Waals surface area contributed by atoms with Crippen LogP contribution >= 0.6 is 0 Å². The van der Waals surface area contributed by atoms with Gasteiger partial charge >= 0.3 is 0 Å². The van der Waals surface area contributed by atoms with Crippen LogP contribution in [0.25, 0.3) is 0 Å². The molecular formula is C9H15N3O2S. The van der Waals surface area contributed by atoms with E-state index in [0.29, 0.717) is 18.2 Å². The van der Waals surface area contributed by atoms with Crippen LogP contribution in [0.2, 0.25) is 0 Å². The molecule has 5 nitrogen and oxygen atoms in total. The molecule has 0 atom stereocenters. The highest BCUT2D eigenvalue weighted by Gasteiger charge is 2.30. The zero-order chi connectivity index (χ0) is 11.1. The lowest BCUT2D eigenvalue weighted by Gasteiger charge is -2.15. The van der Waals surface area contributed by atoms with Crippen molar-refractivity contribution >= 4 is 10.0 Å². The summed E-state index contributed by atoms with van der Waals surface area (Å²) in [4.78, 5) is 0.283. The molecule has 1 heterocycles. The number of nitrogens with one attached hydrogen (secondary N) is 1. The first kappa shape index (κ1) is 10.6. The molecule has 6 heteroatoms. The number of H-pyrrole nitrogens is 1. The standard InChI is InChI=1S/C9H15N3O2S/c1-7-9(5-10-11-7)15(13,14)12(2)6-8-3-4-8/h5,8H,3-4,6H2,1-2H3,(H,10,11). The maximum atomic E-state index is 12.0. The summed E-state index contributed by atoms with van der Waals surface area (Å²) in [5, 5.41) is 6.38. The zero-order valence-corrected chi connectivity index (χ0v) is 9.71. The van der Waals surface area contributed by atoms with Crippen molar-refractivity contribution in [1.82, 2.24) is 14.5 Å². The van der Waals surface area contributed by atoms with E-state index in [1.807, 2.05) is 0 Å². The second kappa shape index (κ2) is 3.61. The number of aromatic amines is 1. The molecule has 1 aromatic rings. The van der Waals surface area contributed by atoms with Crippen LogP contribution < -0.4 is 0 Å². The molecule has 1 fully saturated rings. The molecule has 15 heavy (non-hydrogen) atoms. The number of sulfonamides is 1. The van der Waals surface area contributed by atoms with Crippen molar-refractivity contribution in [3.8, 4) is 0 Å². The molecule has 1 aliphatic rings. The molecule has 0 aromatic carbocycles. The summed E-state index contributed by atoms with van der Waals surface area (Å²) in [5.74, 6) is 0.553. The molecule has 1 N–H and O–H groups in total. The molecule has 1 saturated carbocycles. The van der Waals surface area contributed by atoms with Crippen LogP contribution in [0.3, 0.4) is 0 Å². The van der Waals surface area contributed by atoms with E-state index in [2.05, 4.69) is 10.2 Å². The van der Waals surface area contributed by atoms with E-state index in [4.69, 9.17) is 0 Å². The molecule has 0 spiro atoms. The predicted octanol–water partition coefficient (Wildman–Crippen LogP) is 0.749. The highest BCUT2D eigenvalue weighted by Crippen LogP contribution is 2.31. The summed E-state index contributed by atoms with van der Waals surface area (Å²) >= 11 is 0. The largest absolute Gasteiger partial charge is 0.281 e. The lowest BCUT2D eigenvalue weighted by molar-refractivity contribution is 0.452. The highest BCUT2D eigenvalue weighted by molar-refractivity contribution is 7.89. The number of aromatic nitrogens is 2. The van der Waals surface area contributed by atoms with E-state index in [0.717, 1.165) is 12.8 Å². The first-order chi connectivity index (χ1) is 7.01. The average Bonchev–Trinajstić information content (AvgIpc) is 2.86. The van der Waals surface area contributed by atoms with E-state index in [1.54, 1.807) is 14.0 Å². The summed E-state index contributed by atoms with van der Waals surface area (Å²) in [6, 6.07) is 0. The van der Waals surface area contributed by atoms with Gasteiger partial charge in [0.25, 0.3) is 0 Å². The van der Waals surface area contributed by atoms with Crippen LogP contribution in [0.5, 0.6) is 0 Å². The minimum absolute atomic E-state index is 0.283.